The van der Waals surface area contributed by atoms with Crippen molar-refractivity contribution >= 4 is 28.4 Å². The summed E-state index contributed by atoms with van der Waals surface area (Å²) in [6.07, 6.45) is 0.896. The zero-order valence-corrected chi connectivity index (χ0v) is 23.6. The highest BCUT2D eigenvalue weighted by Crippen LogP contribution is 2.38. The van der Waals surface area contributed by atoms with Gasteiger partial charge in [0.15, 0.2) is 0 Å². The van der Waals surface area contributed by atoms with Crippen molar-refractivity contribution in [1.82, 2.24) is 0 Å². The first kappa shape index (κ1) is 26.2. The average Bonchev–Trinajstić information content (AvgIpc) is 3.02. The number of anilines is 5. The molecule has 0 spiro atoms. The van der Waals surface area contributed by atoms with E-state index in [0.29, 0.717) is 0 Å². The van der Waals surface area contributed by atoms with Crippen LogP contribution in [0.15, 0.2) is 158 Å². The molecule has 0 unspecified atom stereocenters. The van der Waals surface area contributed by atoms with E-state index in [2.05, 4.69) is 181 Å². The van der Waals surface area contributed by atoms with E-state index in [9.17, 15) is 0 Å². The van der Waals surface area contributed by atoms with Crippen molar-refractivity contribution in [3.05, 3.63) is 174 Å². The molecule has 0 N–H and O–H groups in total. The normalized spacial score (nSPS) is 10.8. The number of nitrogens with zero attached hydrogens (tertiary/aromatic N) is 2. The van der Waals surface area contributed by atoms with Gasteiger partial charge in [-0.15, -0.1) is 0 Å². The van der Waals surface area contributed by atoms with Crippen molar-refractivity contribution in [3.63, 3.8) is 0 Å². The summed E-state index contributed by atoms with van der Waals surface area (Å²) >= 11 is 0. The molecule has 2 heteroatoms. The van der Waals surface area contributed by atoms with E-state index in [0.717, 1.165) is 29.2 Å². The molecule has 41 heavy (non-hydrogen) atoms. The molecule has 0 amide bonds. The summed E-state index contributed by atoms with van der Waals surface area (Å²) in [5.41, 5.74) is 12.0. The summed E-state index contributed by atoms with van der Waals surface area (Å²) in [5, 5.41) is 0. The first-order chi connectivity index (χ1) is 20.1. The predicted octanol–water partition coefficient (Wildman–Crippen LogP) is 10.5. The Labute approximate surface area is 243 Å². The van der Waals surface area contributed by atoms with Crippen LogP contribution < -0.4 is 9.80 Å². The van der Waals surface area contributed by atoms with Crippen LogP contribution in [0.4, 0.5) is 28.4 Å². The number of aryl methyl sites for hydroxylation is 1. The molecule has 0 aliphatic carbocycles. The quantitative estimate of drug-likeness (QED) is 0.193. The summed E-state index contributed by atoms with van der Waals surface area (Å²) in [6.45, 7) is 2.13. The molecule has 0 heterocycles. The van der Waals surface area contributed by atoms with Gasteiger partial charge in [-0.1, -0.05) is 97.1 Å². The fourth-order valence-corrected chi connectivity index (χ4v) is 5.35. The monoisotopic (exact) mass is 530 g/mol. The van der Waals surface area contributed by atoms with Crippen molar-refractivity contribution in [1.29, 1.82) is 0 Å². The van der Waals surface area contributed by atoms with E-state index in [1.807, 2.05) is 0 Å². The number of hydrogen-bond donors (Lipinski definition) is 0. The molecular weight excluding hydrogens is 496 g/mol. The molecule has 0 bridgehead atoms. The van der Waals surface area contributed by atoms with Crippen LogP contribution in [-0.4, -0.2) is 7.05 Å². The maximum atomic E-state index is 2.36. The van der Waals surface area contributed by atoms with Gasteiger partial charge in [-0.2, -0.15) is 0 Å². The lowest BCUT2D eigenvalue weighted by Crippen LogP contribution is -2.12. The Morgan fingerprint density at radius 1 is 0.415 bits per heavy atom. The van der Waals surface area contributed by atoms with Gasteiger partial charge >= 0.3 is 0 Å². The van der Waals surface area contributed by atoms with Crippen LogP contribution in [0.25, 0.3) is 11.1 Å². The van der Waals surface area contributed by atoms with Crippen molar-refractivity contribution < 1.29 is 0 Å². The summed E-state index contributed by atoms with van der Waals surface area (Å²) < 4.78 is 0. The van der Waals surface area contributed by atoms with Crippen LogP contribution in [0.3, 0.4) is 0 Å². The Hall–Kier alpha value is -5.08. The van der Waals surface area contributed by atoms with Crippen LogP contribution in [0.2, 0.25) is 0 Å². The van der Waals surface area contributed by atoms with Gasteiger partial charge in [0.05, 0.1) is 0 Å². The summed E-state index contributed by atoms with van der Waals surface area (Å²) in [7, 11) is 2.12. The minimum absolute atomic E-state index is 0.896. The zero-order chi connectivity index (χ0) is 28.0. The molecule has 0 aliphatic heterocycles. The molecule has 0 fully saturated rings. The van der Waals surface area contributed by atoms with Gasteiger partial charge in [-0.05, 0) is 102 Å². The second-order valence-corrected chi connectivity index (χ2v) is 10.5. The Kier molecular flexibility index (Phi) is 7.64. The molecule has 2 nitrogen and oxygen atoms in total. The molecule has 0 aliphatic rings. The third-order valence-corrected chi connectivity index (χ3v) is 7.52. The first-order valence-electron chi connectivity index (χ1n) is 14.1. The topological polar surface area (TPSA) is 6.48 Å². The molecule has 6 aromatic carbocycles. The Bertz CT molecular complexity index is 1720. The van der Waals surface area contributed by atoms with Gasteiger partial charge < -0.3 is 9.80 Å². The van der Waals surface area contributed by atoms with Crippen molar-refractivity contribution in [3.8, 4) is 11.1 Å². The molecule has 6 rings (SSSR count). The van der Waals surface area contributed by atoms with E-state index >= 15 is 0 Å². The Morgan fingerprint density at radius 3 is 1.71 bits per heavy atom. The summed E-state index contributed by atoms with van der Waals surface area (Å²) in [5.74, 6) is 0. The Morgan fingerprint density at radius 2 is 0.976 bits per heavy atom. The van der Waals surface area contributed by atoms with E-state index in [4.69, 9.17) is 0 Å². The van der Waals surface area contributed by atoms with Crippen LogP contribution in [0.5, 0.6) is 0 Å². The SMILES string of the molecule is Cc1cccc(N(C)c2ccc(N(c3cccc(Cc4ccccc4)c3)c3cccc(-c4ccccc4)c3)cc2)c1. The van der Waals surface area contributed by atoms with E-state index in [-0.39, 0.29) is 0 Å². The van der Waals surface area contributed by atoms with Gasteiger partial charge in [0.25, 0.3) is 0 Å². The van der Waals surface area contributed by atoms with Gasteiger partial charge in [0, 0.05) is 35.5 Å². The fraction of sp³-hybridized carbons (Fsp3) is 0.0769. The first-order valence-corrected chi connectivity index (χ1v) is 14.1. The van der Waals surface area contributed by atoms with E-state index in [1.54, 1.807) is 0 Å². The molecule has 0 saturated carbocycles. The van der Waals surface area contributed by atoms with Gasteiger partial charge in [0.2, 0.25) is 0 Å². The maximum absolute atomic E-state index is 2.36. The number of hydrogen-bond acceptors (Lipinski definition) is 2. The molecule has 6 aromatic rings. The predicted molar refractivity (Wildman–Crippen MR) is 175 cm³/mol. The number of benzene rings is 6. The molecule has 0 atom stereocenters. The lowest BCUT2D eigenvalue weighted by molar-refractivity contribution is 1.17. The lowest BCUT2D eigenvalue weighted by atomic mass is 10.0. The van der Waals surface area contributed by atoms with Crippen molar-refractivity contribution in [2.45, 2.75) is 13.3 Å². The van der Waals surface area contributed by atoms with Crippen molar-refractivity contribution in [2.75, 3.05) is 16.8 Å². The third kappa shape index (κ3) is 6.08. The van der Waals surface area contributed by atoms with E-state index in [1.165, 1.54) is 33.5 Å². The van der Waals surface area contributed by atoms with Crippen LogP contribution >= 0.6 is 0 Å². The highest BCUT2D eigenvalue weighted by Gasteiger charge is 2.15. The van der Waals surface area contributed by atoms with Crippen LogP contribution in [0.1, 0.15) is 16.7 Å². The fourth-order valence-electron chi connectivity index (χ4n) is 5.35. The minimum atomic E-state index is 0.896. The van der Waals surface area contributed by atoms with Gasteiger partial charge in [-0.25, -0.2) is 0 Å². The van der Waals surface area contributed by atoms with Crippen LogP contribution in [-0.2, 0) is 6.42 Å². The second kappa shape index (κ2) is 12.0. The molecule has 0 radical (unpaired) electrons. The maximum Gasteiger partial charge on any atom is 0.0467 e. The summed E-state index contributed by atoms with van der Waals surface area (Å²) in [6, 6.07) is 56.4. The highest BCUT2D eigenvalue weighted by atomic mass is 15.1. The van der Waals surface area contributed by atoms with Gasteiger partial charge in [-0.3, -0.25) is 0 Å². The minimum Gasteiger partial charge on any atom is -0.345 e. The molecular formula is C39H34N2. The summed E-state index contributed by atoms with van der Waals surface area (Å²) in [4.78, 5) is 4.59. The Balaban J connectivity index is 1.40. The standard InChI is InChI=1S/C39H34N2/c1-30-12-9-19-37(26-30)40(2)35-22-24-36(25-23-35)41(39-21-11-18-34(29-39)33-16-7-4-8-17-33)38-20-10-15-32(28-38)27-31-13-5-3-6-14-31/h3-26,28-29H,27H2,1-2H3. The number of rotatable bonds is 8. The third-order valence-electron chi connectivity index (χ3n) is 7.52. The smallest absolute Gasteiger partial charge is 0.0467 e. The van der Waals surface area contributed by atoms with Crippen LogP contribution in [0, 0.1) is 6.92 Å². The molecule has 200 valence electrons. The highest BCUT2D eigenvalue weighted by molar-refractivity contribution is 5.81. The van der Waals surface area contributed by atoms with Gasteiger partial charge in [0.1, 0.15) is 0 Å². The van der Waals surface area contributed by atoms with Crippen molar-refractivity contribution in [2.24, 2.45) is 0 Å². The lowest BCUT2D eigenvalue weighted by Gasteiger charge is -2.27. The largest absolute Gasteiger partial charge is 0.345 e. The zero-order valence-electron chi connectivity index (χ0n) is 23.6. The van der Waals surface area contributed by atoms with E-state index < -0.39 is 0 Å². The molecule has 0 saturated heterocycles. The molecule has 0 aromatic heterocycles. The second-order valence-electron chi connectivity index (χ2n) is 10.5. The average molecular weight is 531 g/mol.